The van der Waals surface area contributed by atoms with E-state index in [1.54, 1.807) is 17.0 Å². The normalized spacial score (nSPS) is 16.3. The van der Waals surface area contributed by atoms with E-state index in [1.165, 1.54) is 23.5 Å². The van der Waals surface area contributed by atoms with Crippen molar-refractivity contribution in [3.63, 3.8) is 0 Å². The molecule has 0 spiro atoms. The number of halogens is 2. The number of thiazole rings is 1. The summed E-state index contributed by atoms with van der Waals surface area (Å²) < 4.78 is 13.8. The molecule has 1 fully saturated rings. The third kappa shape index (κ3) is 4.76. The molecular weight excluding hydrogens is 511 g/mol. The first-order chi connectivity index (χ1) is 18.0. The van der Waals surface area contributed by atoms with Crippen molar-refractivity contribution in [3.8, 4) is 0 Å². The van der Waals surface area contributed by atoms with Crippen LogP contribution < -0.4 is 0 Å². The van der Waals surface area contributed by atoms with E-state index in [1.807, 2.05) is 28.5 Å². The van der Waals surface area contributed by atoms with Crippen molar-refractivity contribution < 1.29 is 14.0 Å². The molecule has 1 N–H and O–H groups in total. The Morgan fingerprint density at radius 2 is 1.92 bits per heavy atom. The molecule has 0 unspecified atom stereocenters. The van der Waals surface area contributed by atoms with Gasteiger partial charge in [-0.3, -0.25) is 9.59 Å². The Labute approximate surface area is 223 Å². The molecule has 4 aromatic rings. The van der Waals surface area contributed by atoms with Gasteiger partial charge in [-0.25, -0.2) is 9.37 Å². The highest BCUT2D eigenvalue weighted by molar-refractivity contribution is 7.09. The van der Waals surface area contributed by atoms with Crippen LogP contribution in [0.15, 0.2) is 47.8 Å². The van der Waals surface area contributed by atoms with E-state index in [9.17, 15) is 14.0 Å². The molecule has 0 atom stereocenters. The van der Waals surface area contributed by atoms with Gasteiger partial charge in [0.25, 0.3) is 5.91 Å². The molecule has 2 amide bonds. The fourth-order valence-electron chi connectivity index (χ4n) is 5.39. The number of nitrogens with one attached hydrogen (secondary N) is 1. The molecule has 0 bridgehead atoms. The molecule has 6 rings (SSSR count). The number of aromatic amines is 1. The van der Waals surface area contributed by atoms with Gasteiger partial charge in [0.2, 0.25) is 5.91 Å². The van der Waals surface area contributed by atoms with Crippen LogP contribution in [0.5, 0.6) is 0 Å². The molecular formula is C28H26ClFN4O2S. The van der Waals surface area contributed by atoms with Gasteiger partial charge in [0.1, 0.15) is 11.5 Å². The maximum atomic E-state index is 13.8. The number of likely N-dealkylation sites (tertiary alicyclic amines) is 1. The summed E-state index contributed by atoms with van der Waals surface area (Å²) in [5.41, 5.74) is 4.26. The summed E-state index contributed by atoms with van der Waals surface area (Å²) in [5, 5.41) is 4.25. The Morgan fingerprint density at radius 3 is 2.73 bits per heavy atom. The van der Waals surface area contributed by atoms with E-state index >= 15 is 0 Å². The van der Waals surface area contributed by atoms with Crippen molar-refractivity contribution in [3.05, 3.63) is 86.2 Å². The van der Waals surface area contributed by atoms with Crippen molar-refractivity contribution in [2.45, 2.75) is 38.1 Å². The van der Waals surface area contributed by atoms with E-state index in [0.717, 1.165) is 45.6 Å². The molecule has 0 aliphatic carbocycles. The number of aromatic nitrogens is 2. The molecule has 9 heteroatoms. The number of fused-ring (bicyclic) bond motifs is 3. The third-order valence-corrected chi connectivity index (χ3v) is 8.84. The van der Waals surface area contributed by atoms with Gasteiger partial charge in [0, 0.05) is 71.1 Å². The topological polar surface area (TPSA) is 69.3 Å². The van der Waals surface area contributed by atoms with Crippen LogP contribution in [0, 0.1) is 5.82 Å². The van der Waals surface area contributed by atoms with E-state index in [4.69, 9.17) is 16.6 Å². The third-order valence-electron chi connectivity index (χ3n) is 7.46. The quantitative estimate of drug-likeness (QED) is 0.371. The molecule has 2 aliphatic rings. The number of carbonyl (C=O) groups is 2. The van der Waals surface area contributed by atoms with Crippen molar-refractivity contribution in [2.24, 2.45) is 0 Å². The average molecular weight is 537 g/mol. The maximum Gasteiger partial charge on any atom is 0.273 e. The molecule has 1 saturated heterocycles. The van der Waals surface area contributed by atoms with Gasteiger partial charge >= 0.3 is 0 Å². The fourth-order valence-corrected chi connectivity index (χ4v) is 6.56. The highest BCUT2D eigenvalue weighted by Crippen LogP contribution is 2.32. The van der Waals surface area contributed by atoms with Crippen LogP contribution in [-0.2, 0) is 24.2 Å². The zero-order chi connectivity index (χ0) is 25.5. The molecule has 2 aliphatic heterocycles. The number of benzene rings is 2. The summed E-state index contributed by atoms with van der Waals surface area (Å²) in [6.45, 7) is 2.38. The van der Waals surface area contributed by atoms with Gasteiger partial charge < -0.3 is 14.8 Å². The SMILES string of the molecule is O=C(Cc1ccccc1Cl)N1CCC(c2nc(C(=O)N3CCc4[nH]c5ccc(F)cc5c4C3)cs2)CC1. The van der Waals surface area contributed by atoms with Crippen LogP contribution in [0.4, 0.5) is 4.39 Å². The molecule has 6 nitrogen and oxygen atoms in total. The first kappa shape index (κ1) is 24.1. The zero-order valence-electron chi connectivity index (χ0n) is 20.2. The van der Waals surface area contributed by atoms with Crippen molar-refractivity contribution in [1.29, 1.82) is 0 Å². The summed E-state index contributed by atoms with van der Waals surface area (Å²) in [6.07, 6.45) is 2.66. The van der Waals surface area contributed by atoms with Gasteiger partial charge in [-0.2, -0.15) is 0 Å². The number of amides is 2. The highest BCUT2D eigenvalue weighted by Gasteiger charge is 2.29. The Balaban J connectivity index is 1.08. The van der Waals surface area contributed by atoms with Crippen molar-refractivity contribution in [1.82, 2.24) is 19.8 Å². The zero-order valence-corrected chi connectivity index (χ0v) is 21.7. The van der Waals surface area contributed by atoms with E-state index < -0.39 is 0 Å². The predicted molar refractivity (Wildman–Crippen MR) is 143 cm³/mol. The molecule has 4 heterocycles. The van der Waals surface area contributed by atoms with Gasteiger partial charge in [-0.15, -0.1) is 11.3 Å². The van der Waals surface area contributed by atoms with Crippen LogP contribution in [0.25, 0.3) is 10.9 Å². The van der Waals surface area contributed by atoms with Crippen molar-refractivity contribution in [2.75, 3.05) is 19.6 Å². The van der Waals surface area contributed by atoms with Gasteiger partial charge in [0.05, 0.1) is 11.4 Å². The first-order valence-corrected chi connectivity index (χ1v) is 13.8. The molecule has 0 saturated carbocycles. The number of rotatable bonds is 4. The molecule has 2 aromatic heterocycles. The van der Waals surface area contributed by atoms with Crippen LogP contribution in [0.3, 0.4) is 0 Å². The van der Waals surface area contributed by atoms with E-state index in [0.29, 0.717) is 49.7 Å². The van der Waals surface area contributed by atoms with Crippen molar-refractivity contribution >= 4 is 45.7 Å². The number of carbonyl (C=O) groups excluding carboxylic acids is 2. The lowest BCUT2D eigenvalue weighted by Gasteiger charge is -2.31. The summed E-state index contributed by atoms with van der Waals surface area (Å²) in [5.74, 6) is -0.0478. The van der Waals surface area contributed by atoms with E-state index in [-0.39, 0.29) is 23.5 Å². The number of hydrogen-bond donors (Lipinski definition) is 1. The standard InChI is InChI=1S/C28H26ClFN4O2S/c29-22-4-2-1-3-18(22)13-26(35)33-10-7-17(8-11-33)27-32-25(16-37-27)28(36)34-12-9-24-21(15-34)20-14-19(30)5-6-23(20)31-24/h1-6,14,16-17,31H,7-13,15H2. The number of nitrogens with zero attached hydrogens (tertiary/aromatic N) is 3. The summed E-state index contributed by atoms with van der Waals surface area (Å²) in [6, 6.07) is 12.2. The van der Waals surface area contributed by atoms with Gasteiger partial charge in [0.15, 0.2) is 0 Å². The second-order valence-electron chi connectivity index (χ2n) is 9.74. The van der Waals surface area contributed by atoms with Gasteiger partial charge in [-0.05, 0) is 42.7 Å². The minimum absolute atomic E-state index is 0.0863. The lowest BCUT2D eigenvalue weighted by molar-refractivity contribution is -0.131. The Hall–Kier alpha value is -3.23. The average Bonchev–Trinajstić information content (AvgIpc) is 3.54. The second-order valence-corrected chi connectivity index (χ2v) is 11.0. The molecule has 0 radical (unpaired) electrons. The van der Waals surface area contributed by atoms with Crippen LogP contribution in [0.2, 0.25) is 5.02 Å². The lowest BCUT2D eigenvalue weighted by Crippen LogP contribution is -2.39. The minimum atomic E-state index is -0.279. The smallest absolute Gasteiger partial charge is 0.273 e. The Morgan fingerprint density at radius 1 is 1.11 bits per heavy atom. The summed E-state index contributed by atoms with van der Waals surface area (Å²) in [4.78, 5) is 37.9. The van der Waals surface area contributed by atoms with Crippen LogP contribution >= 0.6 is 22.9 Å². The summed E-state index contributed by atoms with van der Waals surface area (Å²) >= 11 is 7.74. The number of piperidine rings is 1. The molecule has 37 heavy (non-hydrogen) atoms. The largest absolute Gasteiger partial charge is 0.358 e. The number of hydrogen-bond acceptors (Lipinski definition) is 4. The second kappa shape index (κ2) is 9.91. The summed E-state index contributed by atoms with van der Waals surface area (Å²) in [7, 11) is 0. The Kier molecular flexibility index (Phi) is 6.46. The Bertz CT molecular complexity index is 1490. The minimum Gasteiger partial charge on any atom is -0.358 e. The van der Waals surface area contributed by atoms with Crippen LogP contribution in [0.1, 0.15) is 51.1 Å². The first-order valence-electron chi connectivity index (χ1n) is 12.5. The lowest BCUT2D eigenvalue weighted by atomic mass is 9.97. The maximum absolute atomic E-state index is 13.8. The van der Waals surface area contributed by atoms with Gasteiger partial charge in [-0.1, -0.05) is 29.8 Å². The highest BCUT2D eigenvalue weighted by atomic mass is 35.5. The fraction of sp³-hybridized carbons (Fsp3) is 0.321. The monoisotopic (exact) mass is 536 g/mol. The molecule has 190 valence electrons. The predicted octanol–water partition coefficient (Wildman–Crippen LogP) is 5.56. The van der Waals surface area contributed by atoms with Crippen LogP contribution in [-0.4, -0.2) is 51.2 Å². The molecule has 2 aromatic carbocycles. The number of H-pyrrole nitrogens is 1. The van der Waals surface area contributed by atoms with E-state index in [2.05, 4.69) is 4.98 Å².